The summed E-state index contributed by atoms with van der Waals surface area (Å²) in [6.45, 7) is 0. The van der Waals surface area contributed by atoms with Gasteiger partial charge in [0.1, 0.15) is 17.4 Å². The van der Waals surface area contributed by atoms with E-state index in [2.05, 4.69) is 31.9 Å². The predicted molar refractivity (Wildman–Crippen MR) is 86.9 cm³/mol. The van der Waals surface area contributed by atoms with E-state index in [9.17, 15) is 0 Å². The molecule has 0 saturated heterocycles. The highest BCUT2D eigenvalue weighted by Crippen LogP contribution is 2.35. The Morgan fingerprint density at radius 1 is 1.05 bits per heavy atom. The van der Waals surface area contributed by atoms with E-state index in [1.807, 2.05) is 48.5 Å². The molecule has 1 atom stereocenters. The molecule has 102 valence electrons. The monoisotopic (exact) mass is 394 g/mol. The van der Waals surface area contributed by atoms with Gasteiger partial charge in [0.25, 0.3) is 0 Å². The van der Waals surface area contributed by atoms with Crippen LogP contribution < -0.4 is 0 Å². The summed E-state index contributed by atoms with van der Waals surface area (Å²) in [5.41, 5.74) is 1.91. The van der Waals surface area contributed by atoms with Gasteiger partial charge in [-0.2, -0.15) is 0 Å². The Morgan fingerprint density at radius 3 is 2.50 bits per heavy atom. The Hall–Kier alpha value is -1.10. The van der Waals surface area contributed by atoms with Crippen LogP contribution in [0.1, 0.15) is 17.4 Å². The van der Waals surface area contributed by atoms with Gasteiger partial charge in [-0.1, -0.05) is 46.3 Å². The van der Waals surface area contributed by atoms with Crippen LogP contribution in [0, 0.1) is 0 Å². The zero-order valence-corrected chi connectivity index (χ0v) is 13.9. The summed E-state index contributed by atoms with van der Waals surface area (Å²) < 4.78 is 13.5. The number of hydrogen-bond donors (Lipinski definition) is 0. The number of rotatable bonds is 3. The summed E-state index contributed by atoms with van der Waals surface area (Å²) in [6, 6.07) is 16.1. The standard InChI is InChI=1S/C16H12Br2O2/c1-19-16(10-5-3-2-4-6-10)14-8-11-7-12(17)9-13(18)15(11)20-14/h2-9,16H,1H3. The molecule has 2 nitrogen and oxygen atoms in total. The Labute approximate surface area is 134 Å². The molecule has 0 aliphatic heterocycles. The SMILES string of the molecule is COC(c1ccccc1)c1cc2cc(Br)cc(Br)c2o1. The minimum atomic E-state index is -0.200. The fourth-order valence-corrected chi connectivity index (χ4v) is 3.61. The lowest BCUT2D eigenvalue weighted by molar-refractivity contribution is 0.118. The van der Waals surface area contributed by atoms with E-state index in [1.165, 1.54) is 0 Å². The smallest absolute Gasteiger partial charge is 0.148 e. The van der Waals surface area contributed by atoms with E-state index in [0.29, 0.717) is 0 Å². The highest BCUT2D eigenvalue weighted by atomic mass is 79.9. The molecule has 0 N–H and O–H groups in total. The van der Waals surface area contributed by atoms with Crippen molar-refractivity contribution in [3.63, 3.8) is 0 Å². The minimum Gasteiger partial charge on any atom is -0.457 e. The molecular formula is C16H12Br2O2. The van der Waals surface area contributed by atoms with E-state index >= 15 is 0 Å². The Kier molecular flexibility index (Phi) is 3.96. The van der Waals surface area contributed by atoms with Crippen molar-refractivity contribution >= 4 is 42.8 Å². The van der Waals surface area contributed by atoms with Gasteiger partial charge in [-0.15, -0.1) is 0 Å². The molecule has 20 heavy (non-hydrogen) atoms. The maximum Gasteiger partial charge on any atom is 0.148 e. The summed E-state index contributed by atoms with van der Waals surface area (Å²) in [5, 5.41) is 1.04. The number of methoxy groups -OCH3 is 1. The van der Waals surface area contributed by atoms with Crippen LogP contribution in [-0.2, 0) is 4.74 Å². The lowest BCUT2D eigenvalue weighted by Crippen LogP contribution is -2.01. The lowest BCUT2D eigenvalue weighted by Gasteiger charge is -2.12. The number of fused-ring (bicyclic) bond motifs is 1. The van der Waals surface area contributed by atoms with Gasteiger partial charge in [0.05, 0.1) is 4.47 Å². The fraction of sp³-hybridized carbons (Fsp3) is 0.125. The topological polar surface area (TPSA) is 22.4 Å². The first-order valence-electron chi connectivity index (χ1n) is 6.15. The lowest BCUT2D eigenvalue weighted by atomic mass is 10.1. The van der Waals surface area contributed by atoms with E-state index in [1.54, 1.807) is 7.11 Å². The Balaban J connectivity index is 2.11. The van der Waals surface area contributed by atoms with Gasteiger partial charge in [-0.05, 0) is 39.7 Å². The average Bonchev–Trinajstić information content (AvgIpc) is 2.84. The molecule has 1 unspecified atom stereocenters. The largest absolute Gasteiger partial charge is 0.457 e. The van der Waals surface area contributed by atoms with Gasteiger partial charge in [0.15, 0.2) is 0 Å². The van der Waals surface area contributed by atoms with Gasteiger partial charge >= 0.3 is 0 Å². The Bertz CT molecular complexity index is 735. The van der Waals surface area contributed by atoms with Crippen molar-refractivity contribution < 1.29 is 9.15 Å². The minimum absolute atomic E-state index is 0.200. The van der Waals surface area contributed by atoms with Crippen LogP contribution >= 0.6 is 31.9 Å². The van der Waals surface area contributed by atoms with Crippen LogP contribution in [0.25, 0.3) is 11.0 Å². The van der Waals surface area contributed by atoms with Crippen molar-refractivity contribution in [3.8, 4) is 0 Å². The zero-order valence-electron chi connectivity index (χ0n) is 10.8. The number of hydrogen-bond acceptors (Lipinski definition) is 2. The van der Waals surface area contributed by atoms with Gasteiger partial charge in [-0.25, -0.2) is 0 Å². The maximum atomic E-state index is 5.97. The molecule has 0 radical (unpaired) electrons. The number of halogens is 2. The normalized spacial score (nSPS) is 12.8. The van der Waals surface area contributed by atoms with Crippen molar-refractivity contribution in [3.05, 3.63) is 68.8 Å². The third-order valence-corrected chi connectivity index (χ3v) is 4.20. The van der Waals surface area contributed by atoms with Gasteiger partial charge in [0.2, 0.25) is 0 Å². The van der Waals surface area contributed by atoms with Gasteiger partial charge in [0, 0.05) is 17.0 Å². The molecule has 3 rings (SSSR count). The Morgan fingerprint density at radius 2 is 1.80 bits per heavy atom. The molecule has 0 aliphatic carbocycles. The fourth-order valence-electron chi connectivity index (χ4n) is 2.27. The zero-order chi connectivity index (χ0) is 14.1. The molecule has 2 aromatic carbocycles. The third-order valence-electron chi connectivity index (χ3n) is 3.15. The molecule has 0 saturated carbocycles. The molecule has 1 aromatic heterocycles. The molecule has 1 heterocycles. The quantitative estimate of drug-likeness (QED) is 0.568. The average molecular weight is 396 g/mol. The number of ether oxygens (including phenoxy) is 1. The van der Waals surface area contributed by atoms with Crippen LogP contribution in [0.4, 0.5) is 0 Å². The summed E-state index contributed by atoms with van der Waals surface area (Å²) in [4.78, 5) is 0. The predicted octanol–water partition coefficient (Wildman–Crippen LogP) is 5.69. The highest BCUT2D eigenvalue weighted by molar-refractivity contribution is 9.11. The molecule has 3 aromatic rings. The first-order valence-corrected chi connectivity index (χ1v) is 7.74. The number of benzene rings is 2. The van der Waals surface area contributed by atoms with Crippen molar-refractivity contribution in [2.75, 3.05) is 7.11 Å². The molecule has 0 spiro atoms. The summed E-state index contributed by atoms with van der Waals surface area (Å²) in [5.74, 6) is 0.799. The second kappa shape index (κ2) is 5.72. The van der Waals surface area contributed by atoms with E-state index in [4.69, 9.17) is 9.15 Å². The molecule has 4 heteroatoms. The molecular weight excluding hydrogens is 384 g/mol. The van der Waals surface area contributed by atoms with E-state index < -0.39 is 0 Å². The first kappa shape index (κ1) is 13.9. The summed E-state index contributed by atoms with van der Waals surface area (Å²) in [6.07, 6.45) is -0.200. The molecule has 0 fully saturated rings. The van der Waals surface area contributed by atoms with Crippen LogP contribution in [-0.4, -0.2) is 7.11 Å². The summed E-state index contributed by atoms with van der Waals surface area (Å²) in [7, 11) is 1.69. The van der Waals surface area contributed by atoms with Gasteiger partial charge in [-0.3, -0.25) is 0 Å². The highest BCUT2D eigenvalue weighted by Gasteiger charge is 2.19. The van der Waals surface area contributed by atoms with E-state index in [-0.39, 0.29) is 6.10 Å². The maximum absolute atomic E-state index is 5.97. The van der Waals surface area contributed by atoms with Crippen molar-refractivity contribution in [2.24, 2.45) is 0 Å². The molecule has 0 aliphatic rings. The van der Waals surface area contributed by atoms with Crippen LogP contribution in [0.2, 0.25) is 0 Å². The van der Waals surface area contributed by atoms with Crippen LogP contribution in [0.3, 0.4) is 0 Å². The van der Waals surface area contributed by atoms with Crippen molar-refractivity contribution in [1.82, 2.24) is 0 Å². The third kappa shape index (κ3) is 2.55. The second-order valence-electron chi connectivity index (χ2n) is 4.48. The number of furan rings is 1. The van der Waals surface area contributed by atoms with E-state index in [0.717, 1.165) is 31.2 Å². The van der Waals surface area contributed by atoms with Crippen LogP contribution in [0.15, 0.2) is 61.9 Å². The first-order chi connectivity index (χ1) is 9.69. The van der Waals surface area contributed by atoms with Gasteiger partial charge < -0.3 is 9.15 Å². The summed E-state index contributed by atoms with van der Waals surface area (Å²) >= 11 is 7.01. The van der Waals surface area contributed by atoms with Crippen molar-refractivity contribution in [1.29, 1.82) is 0 Å². The van der Waals surface area contributed by atoms with Crippen LogP contribution in [0.5, 0.6) is 0 Å². The molecule has 0 bridgehead atoms. The second-order valence-corrected chi connectivity index (χ2v) is 6.25. The molecule has 0 amide bonds. The van der Waals surface area contributed by atoms with Crippen molar-refractivity contribution in [2.45, 2.75) is 6.10 Å².